The number of ether oxygens (including phenoxy) is 2. The Labute approximate surface area is 113 Å². The predicted octanol–water partition coefficient (Wildman–Crippen LogP) is 2.08. The molecule has 0 fully saturated rings. The standard InChI is InChI=1S/C15H20FNO2/c1-2-8-18-9-10-19-12-14-5-6-15(16)11-13(14)4-3-7-17/h5-6,11H,2,7-10,12,17H2,1H3. The van der Waals surface area contributed by atoms with Crippen molar-refractivity contribution in [3.8, 4) is 11.8 Å². The first-order valence-corrected chi connectivity index (χ1v) is 6.40. The van der Waals surface area contributed by atoms with E-state index in [1.807, 2.05) is 0 Å². The zero-order valence-electron chi connectivity index (χ0n) is 11.2. The third kappa shape index (κ3) is 6.35. The van der Waals surface area contributed by atoms with Crippen molar-refractivity contribution >= 4 is 0 Å². The normalized spacial score (nSPS) is 10.1. The number of hydrogen-bond acceptors (Lipinski definition) is 3. The number of rotatable bonds is 7. The van der Waals surface area contributed by atoms with E-state index in [0.717, 1.165) is 18.6 Å². The quantitative estimate of drug-likeness (QED) is 0.606. The van der Waals surface area contributed by atoms with Crippen LogP contribution in [0.5, 0.6) is 0 Å². The summed E-state index contributed by atoms with van der Waals surface area (Å²) in [5.41, 5.74) is 6.80. The first-order valence-electron chi connectivity index (χ1n) is 6.40. The Morgan fingerprint density at radius 3 is 2.74 bits per heavy atom. The van der Waals surface area contributed by atoms with Crippen LogP contribution in [0, 0.1) is 17.7 Å². The highest BCUT2D eigenvalue weighted by molar-refractivity contribution is 5.41. The molecule has 104 valence electrons. The minimum absolute atomic E-state index is 0.252. The van der Waals surface area contributed by atoms with E-state index >= 15 is 0 Å². The second-order valence-electron chi connectivity index (χ2n) is 3.97. The molecule has 0 saturated carbocycles. The van der Waals surface area contributed by atoms with Gasteiger partial charge in [-0.3, -0.25) is 0 Å². The lowest BCUT2D eigenvalue weighted by molar-refractivity contribution is 0.0407. The van der Waals surface area contributed by atoms with Crippen LogP contribution in [0.15, 0.2) is 18.2 Å². The first-order chi connectivity index (χ1) is 9.27. The van der Waals surface area contributed by atoms with Crippen LogP contribution < -0.4 is 5.73 Å². The summed E-state index contributed by atoms with van der Waals surface area (Å²) in [6.07, 6.45) is 0.997. The fourth-order valence-electron chi connectivity index (χ4n) is 1.48. The fourth-order valence-corrected chi connectivity index (χ4v) is 1.48. The minimum Gasteiger partial charge on any atom is -0.379 e. The molecule has 0 saturated heterocycles. The minimum atomic E-state index is -0.309. The molecule has 1 rings (SSSR count). The molecule has 19 heavy (non-hydrogen) atoms. The number of benzene rings is 1. The van der Waals surface area contributed by atoms with Crippen molar-refractivity contribution in [2.24, 2.45) is 5.73 Å². The van der Waals surface area contributed by atoms with Crippen LogP contribution in [0.25, 0.3) is 0 Å². The van der Waals surface area contributed by atoms with Gasteiger partial charge in [0, 0.05) is 12.2 Å². The lowest BCUT2D eigenvalue weighted by Gasteiger charge is -2.07. The second-order valence-corrected chi connectivity index (χ2v) is 3.97. The van der Waals surface area contributed by atoms with Gasteiger partial charge in [0.15, 0.2) is 0 Å². The monoisotopic (exact) mass is 265 g/mol. The number of hydrogen-bond donors (Lipinski definition) is 1. The van der Waals surface area contributed by atoms with E-state index in [1.54, 1.807) is 6.07 Å². The summed E-state index contributed by atoms with van der Waals surface area (Å²) in [6.45, 7) is 4.53. The van der Waals surface area contributed by atoms with Crippen molar-refractivity contribution in [1.82, 2.24) is 0 Å². The summed E-state index contributed by atoms with van der Waals surface area (Å²) in [7, 11) is 0. The Balaban J connectivity index is 2.48. The van der Waals surface area contributed by atoms with E-state index in [9.17, 15) is 4.39 Å². The van der Waals surface area contributed by atoms with Gasteiger partial charge in [0.05, 0.1) is 26.4 Å². The maximum Gasteiger partial charge on any atom is 0.124 e. The molecule has 1 aromatic carbocycles. The van der Waals surface area contributed by atoms with Crippen molar-refractivity contribution in [2.45, 2.75) is 20.0 Å². The van der Waals surface area contributed by atoms with Crippen LogP contribution in [0.1, 0.15) is 24.5 Å². The van der Waals surface area contributed by atoms with E-state index in [-0.39, 0.29) is 12.4 Å². The van der Waals surface area contributed by atoms with Crippen LogP contribution in [0.4, 0.5) is 4.39 Å². The van der Waals surface area contributed by atoms with Crippen molar-refractivity contribution in [3.63, 3.8) is 0 Å². The summed E-state index contributed by atoms with van der Waals surface area (Å²) >= 11 is 0. The Bertz CT molecular complexity index is 438. The van der Waals surface area contributed by atoms with E-state index in [1.165, 1.54) is 12.1 Å². The lowest BCUT2D eigenvalue weighted by atomic mass is 10.1. The predicted molar refractivity (Wildman–Crippen MR) is 73.1 cm³/mol. The van der Waals surface area contributed by atoms with Gasteiger partial charge in [-0.25, -0.2) is 4.39 Å². The van der Waals surface area contributed by atoms with Crippen LogP contribution in [0.2, 0.25) is 0 Å². The Hall–Kier alpha value is -1.41. The Kier molecular flexibility index (Phi) is 7.83. The van der Waals surface area contributed by atoms with E-state index < -0.39 is 0 Å². The topological polar surface area (TPSA) is 44.5 Å². The van der Waals surface area contributed by atoms with Gasteiger partial charge in [-0.2, -0.15) is 0 Å². The molecule has 0 heterocycles. The van der Waals surface area contributed by atoms with Crippen molar-refractivity contribution in [2.75, 3.05) is 26.4 Å². The molecule has 0 unspecified atom stereocenters. The van der Waals surface area contributed by atoms with Crippen LogP contribution in [0.3, 0.4) is 0 Å². The molecule has 0 radical (unpaired) electrons. The lowest BCUT2D eigenvalue weighted by Crippen LogP contribution is -2.05. The Morgan fingerprint density at radius 1 is 1.21 bits per heavy atom. The van der Waals surface area contributed by atoms with Gasteiger partial charge in [-0.05, 0) is 24.1 Å². The summed E-state index contributed by atoms with van der Waals surface area (Å²) in [5.74, 6) is 5.26. The average Bonchev–Trinajstić information content (AvgIpc) is 2.42. The maximum absolute atomic E-state index is 13.1. The van der Waals surface area contributed by atoms with Crippen LogP contribution >= 0.6 is 0 Å². The molecule has 0 spiro atoms. The molecule has 0 amide bonds. The molecule has 0 aromatic heterocycles. The molecule has 0 atom stereocenters. The largest absolute Gasteiger partial charge is 0.379 e. The van der Waals surface area contributed by atoms with Crippen LogP contribution in [-0.4, -0.2) is 26.4 Å². The third-order valence-corrected chi connectivity index (χ3v) is 2.38. The van der Waals surface area contributed by atoms with Crippen molar-refractivity contribution < 1.29 is 13.9 Å². The molecule has 4 heteroatoms. The average molecular weight is 265 g/mol. The molecule has 0 bridgehead atoms. The molecular formula is C15H20FNO2. The van der Waals surface area contributed by atoms with Gasteiger partial charge in [0.2, 0.25) is 0 Å². The first kappa shape index (κ1) is 15.6. The Morgan fingerprint density at radius 2 is 2.00 bits per heavy atom. The zero-order valence-corrected chi connectivity index (χ0v) is 11.2. The van der Waals surface area contributed by atoms with Crippen molar-refractivity contribution in [1.29, 1.82) is 0 Å². The highest BCUT2D eigenvalue weighted by Gasteiger charge is 2.02. The van der Waals surface area contributed by atoms with Crippen LogP contribution in [-0.2, 0) is 16.1 Å². The number of nitrogens with two attached hydrogens (primary N) is 1. The summed E-state index contributed by atoms with van der Waals surface area (Å²) in [5, 5.41) is 0. The van der Waals surface area contributed by atoms with Gasteiger partial charge >= 0.3 is 0 Å². The maximum atomic E-state index is 13.1. The molecule has 1 aromatic rings. The van der Waals surface area contributed by atoms with Gasteiger partial charge in [0.25, 0.3) is 0 Å². The van der Waals surface area contributed by atoms with Gasteiger partial charge < -0.3 is 15.2 Å². The van der Waals surface area contributed by atoms with Crippen molar-refractivity contribution in [3.05, 3.63) is 35.1 Å². The molecule has 0 aliphatic heterocycles. The van der Waals surface area contributed by atoms with E-state index in [4.69, 9.17) is 15.2 Å². The summed E-state index contributed by atoms with van der Waals surface area (Å²) in [4.78, 5) is 0. The number of halogens is 1. The molecule has 0 aliphatic carbocycles. The van der Waals surface area contributed by atoms with Gasteiger partial charge in [-0.1, -0.05) is 24.8 Å². The smallest absolute Gasteiger partial charge is 0.124 e. The third-order valence-electron chi connectivity index (χ3n) is 2.38. The van der Waals surface area contributed by atoms with Gasteiger partial charge in [-0.15, -0.1) is 0 Å². The molecule has 3 nitrogen and oxygen atoms in total. The molecular weight excluding hydrogens is 245 g/mol. The summed E-state index contributed by atoms with van der Waals surface area (Å²) < 4.78 is 23.9. The highest BCUT2D eigenvalue weighted by atomic mass is 19.1. The summed E-state index contributed by atoms with van der Waals surface area (Å²) in [6, 6.07) is 4.48. The fraction of sp³-hybridized carbons (Fsp3) is 0.467. The highest BCUT2D eigenvalue weighted by Crippen LogP contribution is 2.11. The van der Waals surface area contributed by atoms with Gasteiger partial charge in [0.1, 0.15) is 5.82 Å². The van der Waals surface area contributed by atoms with E-state index in [2.05, 4.69) is 18.8 Å². The van der Waals surface area contributed by atoms with E-state index in [0.29, 0.717) is 25.4 Å². The molecule has 0 aliphatic rings. The SMILES string of the molecule is CCCOCCOCc1ccc(F)cc1C#CCN. The zero-order chi connectivity index (χ0) is 13.9. The second kappa shape index (κ2) is 9.51. The molecule has 2 N–H and O–H groups in total.